The fourth-order valence-corrected chi connectivity index (χ4v) is 2.08. The molecule has 82 valence electrons. The van der Waals surface area contributed by atoms with Crippen LogP contribution in [0.4, 0.5) is 0 Å². The maximum absolute atomic E-state index is 5.73. The molecular formula is C13H14N2O. The third-order valence-electron chi connectivity index (χ3n) is 2.96. The van der Waals surface area contributed by atoms with Gasteiger partial charge in [0.05, 0.1) is 12.7 Å². The Labute approximate surface area is 94.5 Å². The maximum atomic E-state index is 5.73. The van der Waals surface area contributed by atoms with Crippen molar-refractivity contribution in [1.82, 2.24) is 10.3 Å². The predicted molar refractivity (Wildman–Crippen MR) is 63.3 cm³/mol. The molecule has 3 heteroatoms. The van der Waals surface area contributed by atoms with Crippen molar-refractivity contribution in [3.63, 3.8) is 0 Å². The fourth-order valence-electron chi connectivity index (χ4n) is 2.08. The minimum Gasteiger partial charge on any atom is -0.371 e. The Morgan fingerprint density at radius 2 is 2.25 bits per heavy atom. The van der Waals surface area contributed by atoms with Crippen LogP contribution in [0.5, 0.6) is 0 Å². The van der Waals surface area contributed by atoms with Crippen LogP contribution in [-0.4, -0.2) is 24.7 Å². The highest BCUT2D eigenvalue weighted by atomic mass is 16.5. The normalized spacial score (nSPS) is 21.1. The number of benzene rings is 1. The maximum Gasteiger partial charge on any atom is 0.0950 e. The highest BCUT2D eigenvalue weighted by Crippen LogP contribution is 2.22. The number of morpholine rings is 1. The van der Waals surface area contributed by atoms with E-state index in [0.29, 0.717) is 0 Å². The Morgan fingerprint density at radius 3 is 3.12 bits per heavy atom. The number of nitrogens with zero attached hydrogens (tertiary/aromatic N) is 1. The summed E-state index contributed by atoms with van der Waals surface area (Å²) in [5.74, 6) is 0. The smallest absolute Gasteiger partial charge is 0.0950 e. The largest absolute Gasteiger partial charge is 0.371 e. The van der Waals surface area contributed by atoms with Gasteiger partial charge in [0.1, 0.15) is 0 Å². The summed E-state index contributed by atoms with van der Waals surface area (Å²) in [7, 11) is 0. The van der Waals surface area contributed by atoms with Gasteiger partial charge in [-0.1, -0.05) is 12.1 Å². The average molecular weight is 214 g/mol. The first kappa shape index (κ1) is 9.75. The lowest BCUT2D eigenvalue weighted by atomic mass is 10.0. The van der Waals surface area contributed by atoms with E-state index in [1.807, 2.05) is 18.5 Å². The van der Waals surface area contributed by atoms with E-state index >= 15 is 0 Å². The first-order valence-corrected chi connectivity index (χ1v) is 5.59. The quantitative estimate of drug-likeness (QED) is 0.787. The first-order chi connectivity index (χ1) is 7.93. The molecule has 1 fully saturated rings. The van der Waals surface area contributed by atoms with E-state index in [9.17, 15) is 0 Å². The van der Waals surface area contributed by atoms with E-state index in [2.05, 4.69) is 28.5 Å². The van der Waals surface area contributed by atoms with Gasteiger partial charge < -0.3 is 10.1 Å². The summed E-state index contributed by atoms with van der Waals surface area (Å²) in [6.07, 6.45) is 3.90. The molecule has 2 heterocycles. The Morgan fingerprint density at radius 1 is 1.25 bits per heavy atom. The van der Waals surface area contributed by atoms with Crippen molar-refractivity contribution in [3.05, 3.63) is 42.2 Å². The molecule has 2 aromatic rings. The van der Waals surface area contributed by atoms with Crippen molar-refractivity contribution in [2.24, 2.45) is 0 Å². The third-order valence-corrected chi connectivity index (χ3v) is 2.96. The SMILES string of the molecule is c1cc2cc(C3CNCCO3)ccc2cn1. The van der Waals surface area contributed by atoms with Gasteiger partial charge in [0.25, 0.3) is 0 Å². The highest BCUT2D eigenvalue weighted by molar-refractivity contribution is 5.82. The number of hydrogen-bond acceptors (Lipinski definition) is 3. The van der Waals surface area contributed by atoms with Gasteiger partial charge in [-0.05, 0) is 23.1 Å². The summed E-state index contributed by atoms with van der Waals surface area (Å²) in [5.41, 5.74) is 1.24. The second-order valence-electron chi connectivity index (χ2n) is 4.05. The van der Waals surface area contributed by atoms with Gasteiger partial charge in [0.2, 0.25) is 0 Å². The van der Waals surface area contributed by atoms with Crippen LogP contribution in [0.2, 0.25) is 0 Å². The summed E-state index contributed by atoms with van der Waals surface area (Å²) in [6.45, 7) is 2.64. The number of ether oxygens (including phenoxy) is 1. The lowest BCUT2D eigenvalue weighted by molar-refractivity contribution is 0.0278. The van der Waals surface area contributed by atoms with Gasteiger partial charge in [-0.25, -0.2) is 0 Å². The summed E-state index contributed by atoms with van der Waals surface area (Å²) in [5, 5.41) is 5.74. The van der Waals surface area contributed by atoms with Crippen molar-refractivity contribution in [1.29, 1.82) is 0 Å². The Balaban J connectivity index is 1.97. The molecule has 0 saturated carbocycles. The number of fused-ring (bicyclic) bond motifs is 1. The van der Waals surface area contributed by atoms with E-state index in [0.717, 1.165) is 19.7 Å². The highest BCUT2D eigenvalue weighted by Gasteiger charge is 2.15. The van der Waals surface area contributed by atoms with Gasteiger partial charge in [0, 0.05) is 30.9 Å². The van der Waals surface area contributed by atoms with Gasteiger partial charge in [0.15, 0.2) is 0 Å². The topological polar surface area (TPSA) is 34.1 Å². The van der Waals surface area contributed by atoms with Crippen molar-refractivity contribution in [2.45, 2.75) is 6.10 Å². The molecule has 16 heavy (non-hydrogen) atoms. The van der Waals surface area contributed by atoms with Crippen molar-refractivity contribution < 1.29 is 4.74 Å². The molecule has 1 aliphatic rings. The minimum absolute atomic E-state index is 0.186. The number of rotatable bonds is 1. The van der Waals surface area contributed by atoms with E-state index < -0.39 is 0 Å². The molecule has 0 bridgehead atoms. The lowest BCUT2D eigenvalue weighted by Gasteiger charge is -2.24. The van der Waals surface area contributed by atoms with E-state index in [1.165, 1.54) is 16.3 Å². The van der Waals surface area contributed by atoms with Crippen molar-refractivity contribution in [3.8, 4) is 0 Å². The number of pyridine rings is 1. The standard InChI is InChI=1S/C13H14N2O/c1-2-12-8-14-4-3-10(12)7-11(1)13-9-15-5-6-16-13/h1-4,7-8,13,15H,5-6,9H2. The van der Waals surface area contributed by atoms with Crippen LogP contribution < -0.4 is 5.32 Å². The van der Waals surface area contributed by atoms with Crippen LogP contribution in [0.15, 0.2) is 36.7 Å². The molecule has 3 rings (SSSR count). The predicted octanol–water partition coefficient (Wildman–Crippen LogP) is 1.90. The number of aromatic nitrogens is 1. The molecule has 1 N–H and O–H groups in total. The van der Waals surface area contributed by atoms with Gasteiger partial charge >= 0.3 is 0 Å². The summed E-state index contributed by atoms with van der Waals surface area (Å²) >= 11 is 0. The molecule has 0 spiro atoms. The van der Waals surface area contributed by atoms with Crippen molar-refractivity contribution >= 4 is 10.8 Å². The molecule has 1 saturated heterocycles. The zero-order valence-electron chi connectivity index (χ0n) is 9.02. The van der Waals surface area contributed by atoms with E-state index in [4.69, 9.17) is 4.74 Å². The van der Waals surface area contributed by atoms with Crippen molar-refractivity contribution in [2.75, 3.05) is 19.7 Å². The molecule has 1 aromatic carbocycles. The van der Waals surface area contributed by atoms with Crippen LogP contribution in [-0.2, 0) is 4.74 Å². The van der Waals surface area contributed by atoms with E-state index in [1.54, 1.807) is 0 Å². The molecule has 1 unspecified atom stereocenters. The minimum atomic E-state index is 0.186. The zero-order valence-corrected chi connectivity index (χ0v) is 9.02. The van der Waals surface area contributed by atoms with Gasteiger partial charge in [-0.15, -0.1) is 0 Å². The van der Waals surface area contributed by atoms with Gasteiger partial charge in [-0.3, -0.25) is 4.98 Å². The second-order valence-corrected chi connectivity index (χ2v) is 4.05. The van der Waals surface area contributed by atoms with Crippen LogP contribution in [0.25, 0.3) is 10.8 Å². The number of nitrogens with one attached hydrogen (secondary N) is 1. The Hall–Kier alpha value is -1.45. The lowest BCUT2D eigenvalue weighted by Crippen LogP contribution is -2.33. The average Bonchev–Trinajstić information content (AvgIpc) is 2.39. The van der Waals surface area contributed by atoms with Crippen LogP contribution >= 0.6 is 0 Å². The molecule has 0 amide bonds. The fraction of sp³-hybridized carbons (Fsp3) is 0.308. The van der Waals surface area contributed by atoms with Crippen LogP contribution in [0, 0.1) is 0 Å². The molecule has 3 nitrogen and oxygen atoms in total. The Kier molecular flexibility index (Phi) is 2.56. The van der Waals surface area contributed by atoms with Crippen LogP contribution in [0.1, 0.15) is 11.7 Å². The molecule has 0 radical (unpaired) electrons. The monoisotopic (exact) mass is 214 g/mol. The van der Waals surface area contributed by atoms with Crippen LogP contribution in [0.3, 0.4) is 0 Å². The second kappa shape index (κ2) is 4.20. The molecule has 1 atom stereocenters. The summed E-state index contributed by atoms with van der Waals surface area (Å²) < 4.78 is 5.73. The molecule has 1 aliphatic heterocycles. The molecule has 1 aromatic heterocycles. The first-order valence-electron chi connectivity index (χ1n) is 5.59. The third kappa shape index (κ3) is 1.79. The van der Waals surface area contributed by atoms with Gasteiger partial charge in [-0.2, -0.15) is 0 Å². The Bertz CT molecular complexity index is 492. The molecule has 0 aliphatic carbocycles. The van der Waals surface area contributed by atoms with E-state index in [-0.39, 0.29) is 6.10 Å². The summed E-state index contributed by atoms with van der Waals surface area (Å²) in [6, 6.07) is 8.46. The summed E-state index contributed by atoms with van der Waals surface area (Å²) in [4.78, 5) is 4.11. The molecular weight excluding hydrogens is 200 g/mol. The number of hydrogen-bond donors (Lipinski definition) is 1. The zero-order chi connectivity index (χ0) is 10.8.